The van der Waals surface area contributed by atoms with Crippen LogP contribution in [0.3, 0.4) is 0 Å². The Kier molecular flexibility index (Phi) is 5.13. The van der Waals surface area contributed by atoms with Crippen molar-refractivity contribution >= 4 is 27.6 Å². The summed E-state index contributed by atoms with van der Waals surface area (Å²) in [5.74, 6) is -1.37. The molecule has 0 aliphatic rings. The molecule has 0 saturated heterocycles. The second-order valence-electron chi connectivity index (χ2n) is 3.80. The van der Waals surface area contributed by atoms with Gasteiger partial charge >= 0.3 is 5.97 Å². The first kappa shape index (κ1) is 14.9. The lowest BCUT2D eigenvalue weighted by atomic mass is 10.2. The van der Waals surface area contributed by atoms with Crippen molar-refractivity contribution in [1.29, 1.82) is 0 Å². The molecule has 5 nitrogen and oxygen atoms in total. The van der Waals surface area contributed by atoms with Crippen LogP contribution in [-0.4, -0.2) is 31.3 Å². The fourth-order valence-electron chi connectivity index (χ4n) is 1.25. The fourth-order valence-corrected chi connectivity index (χ4v) is 2.27. The Balaban J connectivity index is 2.51. The molecule has 0 bridgehead atoms. The van der Waals surface area contributed by atoms with Crippen molar-refractivity contribution in [2.45, 2.75) is 18.6 Å². The number of hydrogen-bond acceptors (Lipinski definition) is 3. The summed E-state index contributed by atoms with van der Waals surface area (Å²) in [5.41, 5.74) is 0.921. The molecule has 0 amide bonds. The van der Waals surface area contributed by atoms with Crippen LogP contribution in [0.5, 0.6) is 0 Å². The molecule has 0 aromatic heterocycles. The highest BCUT2D eigenvalue weighted by Crippen LogP contribution is 2.09. The third-order valence-corrected chi connectivity index (χ3v) is 4.43. The average molecular weight is 292 g/mol. The molecular formula is C11H14ClNO4S. The SMILES string of the molecule is CC(C(=O)O)S(=O)(=O)NCCc1ccc(Cl)cc1. The first-order valence-electron chi connectivity index (χ1n) is 5.28. The normalized spacial score (nSPS) is 13.2. The van der Waals surface area contributed by atoms with Crippen LogP contribution in [0.25, 0.3) is 0 Å². The van der Waals surface area contributed by atoms with Crippen LogP contribution in [0, 0.1) is 0 Å². The van der Waals surface area contributed by atoms with E-state index in [0.29, 0.717) is 11.4 Å². The van der Waals surface area contributed by atoms with E-state index in [-0.39, 0.29) is 6.54 Å². The van der Waals surface area contributed by atoms with Gasteiger partial charge < -0.3 is 5.11 Å². The van der Waals surface area contributed by atoms with Gasteiger partial charge in [-0.2, -0.15) is 0 Å². The van der Waals surface area contributed by atoms with Crippen molar-refractivity contribution in [2.75, 3.05) is 6.54 Å². The average Bonchev–Trinajstić information content (AvgIpc) is 2.30. The van der Waals surface area contributed by atoms with Crippen LogP contribution in [-0.2, 0) is 21.2 Å². The largest absolute Gasteiger partial charge is 0.480 e. The first-order valence-corrected chi connectivity index (χ1v) is 7.21. The van der Waals surface area contributed by atoms with Crippen molar-refractivity contribution in [1.82, 2.24) is 4.72 Å². The van der Waals surface area contributed by atoms with E-state index in [9.17, 15) is 13.2 Å². The van der Waals surface area contributed by atoms with Crippen molar-refractivity contribution < 1.29 is 18.3 Å². The Morgan fingerprint density at radius 1 is 1.39 bits per heavy atom. The summed E-state index contributed by atoms with van der Waals surface area (Å²) in [6, 6.07) is 7.00. The lowest BCUT2D eigenvalue weighted by Crippen LogP contribution is -2.38. The fraction of sp³-hybridized carbons (Fsp3) is 0.364. The lowest BCUT2D eigenvalue weighted by Gasteiger charge is -2.09. The highest BCUT2D eigenvalue weighted by Gasteiger charge is 2.26. The van der Waals surface area contributed by atoms with E-state index in [1.165, 1.54) is 0 Å². The molecule has 0 saturated carbocycles. The molecule has 0 spiro atoms. The summed E-state index contributed by atoms with van der Waals surface area (Å²) in [5, 5.41) is 7.78. The van der Waals surface area contributed by atoms with Crippen molar-refractivity contribution in [3.8, 4) is 0 Å². The molecule has 0 aliphatic heterocycles. The van der Waals surface area contributed by atoms with Gasteiger partial charge in [-0.1, -0.05) is 23.7 Å². The maximum Gasteiger partial charge on any atom is 0.323 e. The molecule has 7 heteroatoms. The molecule has 0 aliphatic carbocycles. The van der Waals surface area contributed by atoms with E-state index in [4.69, 9.17) is 16.7 Å². The van der Waals surface area contributed by atoms with Gasteiger partial charge in [-0.05, 0) is 31.0 Å². The number of sulfonamides is 1. The van der Waals surface area contributed by atoms with E-state index in [1.807, 2.05) is 0 Å². The molecule has 100 valence electrons. The topological polar surface area (TPSA) is 83.5 Å². The van der Waals surface area contributed by atoms with E-state index in [1.54, 1.807) is 24.3 Å². The van der Waals surface area contributed by atoms with Gasteiger partial charge in [0.05, 0.1) is 0 Å². The molecular weight excluding hydrogens is 278 g/mol. The second kappa shape index (κ2) is 6.17. The molecule has 0 fully saturated rings. The minimum absolute atomic E-state index is 0.154. The zero-order valence-electron chi connectivity index (χ0n) is 9.76. The first-order chi connectivity index (χ1) is 8.33. The van der Waals surface area contributed by atoms with E-state index in [0.717, 1.165) is 12.5 Å². The number of halogens is 1. The van der Waals surface area contributed by atoms with Crippen molar-refractivity contribution in [2.24, 2.45) is 0 Å². The van der Waals surface area contributed by atoms with Gasteiger partial charge in [0.1, 0.15) is 0 Å². The van der Waals surface area contributed by atoms with Gasteiger partial charge in [0.15, 0.2) is 5.25 Å². The standard InChI is InChI=1S/C11H14ClNO4S/c1-8(11(14)15)18(16,17)13-7-6-9-2-4-10(12)5-3-9/h2-5,8,13H,6-7H2,1H3,(H,14,15). The van der Waals surface area contributed by atoms with Gasteiger partial charge in [0.25, 0.3) is 0 Å². The zero-order chi connectivity index (χ0) is 13.8. The zero-order valence-corrected chi connectivity index (χ0v) is 11.3. The summed E-state index contributed by atoms with van der Waals surface area (Å²) in [6.45, 7) is 1.29. The Hall–Kier alpha value is -1.11. The molecule has 2 N–H and O–H groups in total. The maximum absolute atomic E-state index is 11.5. The monoisotopic (exact) mass is 291 g/mol. The molecule has 1 rings (SSSR count). The van der Waals surface area contributed by atoms with Crippen LogP contribution in [0.4, 0.5) is 0 Å². The Morgan fingerprint density at radius 2 is 1.94 bits per heavy atom. The van der Waals surface area contributed by atoms with Gasteiger partial charge in [-0.3, -0.25) is 4.79 Å². The van der Waals surface area contributed by atoms with Crippen molar-refractivity contribution in [3.05, 3.63) is 34.9 Å². The third kappa shape index (κ3) is 4.29. The molecule has 1 aromatic rings. The predicted octanol–water partition coefficient (Wildman–Crippen LogP) is 1.27. The van der Waals surface area contributed by atoms with E-state index < -0.39 is 21.2 Å². The summed E-state index contributed by atoms with van der Waals surface area (Å²) < 4.78 is 25.3. The number of carboxylic acids is 1. The van der Waals surface area contributed by atoms with Gasteiger partial charge in [0, 0.05) is 11.6 Å². The number of hydrogen-bond donors (Lipinski definition) is 2. The van der Waals surface area contributed by atoms with Gasteiger partial charge in [-0.25, -0.2) is 13.1 Å². The Labute approximate surface area is 111 Å². The number of benzene rings is 1. The summed E-state index contributed by atoms with van der Waals surface area (Å²) in [6.07, 6.45) is 0.475. The Bertz CT molecular complexity index is 512. The molecule has 1 unspecified atom stereocenters. The second-order valence-corrected chi connectivity index (χ2v) is 6.32. The lowest BCUT2D eigenvalue weighted by molar-refractivity contribution is -0.136. The summed E-state index contributed by atoms with van der Waals surface area (Å²) in [7, 11) is -3.81. The van der Waals surface area contributed by atoms with Crippen LogP contribution < -0.4 is 4.72 Å². The number of rotatable bonds is 6. The molecule has 18 heavy (non-hydrogen) atoms. The summed E-state index contributed by atoms with van der Waals surface area (Å²) in [4.78, 5) is 10.6. The molecule has 1 aromatic carbocycles. The molecule has 0 heterocycles. The van der Waals surface area contributed by atoms with Crippen LogP contribution in [0.1, 0.15) is 12.5 Å². The maximum atomic E-state index is 11.5. The number of carbonyl (C=O) groups is 1. The van der Waals surface area contributed by atoms with E-state index >= 15 is 0 Å². The van der Waals surface area contributed by atoms with Crippen LogP contribution in [0.2, 0.25) is 5.02 Å². The smallest absolute Gasteiger partial charge is 0.323 e. The van der Waals surface area contributed by atoms with Crippen LogP contribution >= 0.6 is 11.6 Å². The quantitative estimate of drug-likeness (QED) is 0.827. The molecule has 0 radical (unpaired) electrons. The van der Waals surface area contributed by atoms with Gasteiger partial charge in [0.2, 0.25) is 10.0 Å². The van der Waals surface area contributed by atoms with Crippen LogP contribution in [0.15, 0.2) is 24.3 Å². The van der Waals surface area contributed by atoms with Gasteiger partial charge in [-0.15, -0.1) is 0 Å². The van der Waals surface area contributed by atoms with E-state index in [2.05, 4.69) is 4.72 Å². The minimum atomic E-state index is -3.81. The highest BCUT2D eigenvalue weighted by molar-refractivity contribution is 7.90. The Morgan fingerprint density at radius 3 is 2.44 bits per heavy atom. The predicted molar refractivity (Wildman–Crippen MR) is 69.2 cm³/mol. The molecule has 1 atom stereocenters. The minimum Gasteiger partial charge on any atom is -0.480 e. The number of carboxylic acid groups (broad SMARTS) is 1. The third-order valence-electron chi connectivity index (χ3n) is 2.44. The number of nitrogens with one attached hydrogen (secondary N) is 1. The number of aliphatic carboxylic acids is 1. The van der Waals surface area contributed by atoms with Crippen molar-refractivity contribution in [3.63, 3.8) is 0 Å². The highest BCUT2D eigenvalue weighted by atomic mass is 35.5. The summed E-state index contributed by atoms with van der Waals surface area (Å²) >= 11 is 5.72.